The molecule has 4 aliphatic rings. The number of carbonyl (C=O) groups excluding carboxylic acids is 3. The quantitative estimate of drug-likeness (QED) is 0.0704. The number of nitrogens with zero attached hydrogens (tertiary/aromatic N) is 6. The second-order valence-electron chi connectivity index (χ2n) is 17.3. The van der Waals surface area contributed by atoms with Crippen molar-refractivity contribution in [1.82, 2.24) is 19.9 Å². The van der Waals surface area contributed by atoms with Crippen LogP contribution in [-0.2, 0) is 32.2 Å². The zero-order valence-corrected chi connectivity index (χ0v) is 34.7. The summed E-state index contributed by atoms with van der Waals surface area (Å²) in [5, 5.41) is 34.3. The first kappa shape index (κ1) is 41.6. The molecule has 3 saturated carbocycles. The van der Waals surface area contributed by atoms with E-state index in [9.17, 15) is 29.6 Å². The molecule has 4 fully saturated rings. The van der Waals surface area contributed by atoms with Gasteiger partial charge in [0.1, 0.15) is 18.4 Å². The van der Waals surface area contributed by atoms with Crippen LogP contribution in [0.1, 0.15) is 65.5 Å². The van der Waals surface area contributed by atoms with Crippen molar-refractivity contribution in [3.8, 4) is 0 Å². The Morgan fingerprint density at radius 3 is 2.53 bits per heavy atom. The van der Waals surface area contributed by atoms with Gasteiger partial charge >= 0.3 is 5.97 Å². The number of carbonyl (C=O) groups is 3. The first-order valence-corrected chi connectivity index (χ1v) is 21.3. The first-order valence-electron chi connectivity index (χ1n) is 20.3. The Kier molecular flexibility index (Phi) is 11.9. The number of rotatable bonds is 12. The second kappa shape index (κ2) is 16.6. The molecule has 3 aromatic rings. The van der Waals surface area contributed by atoms with Crippen LogP contribution < -0.4 is 10.2 Å². The van der Waals surface area contributed by atoms with Crippen molar-refractivity contribution in [3.05, 3.63) is 83.2 Å². The summed E-state index contributed by atoms with van der Waals surface area (Å²) in [7, 11) is 0. The Morgan fingerprint density at radius 1 is 1.10 bits per heavy atom. The van der Waals surface area contributed by atoms with Gasteiger partial charge in [-0.3, -0.25) is 29.4 Å². The van der Waals surface area contributed by atoms with Crippen molar-refractivity contribution in [2.45, 2.75) is 90.0 Å². The highest BCUT2D eigenvalue weighted by Gasteiger charge is 2.68. The molecule has 2 N–H and O–H groups in total. The maximum atomic E-state index is 13.8. The number of esters is 1. The molecule has 14 nitrogen and oxygen atoms in total. The molecule has 2 aromatic carbocycles. The summed E-state index contributed by atoms with van der Waals surface area (Å²) >= 11 is 1.28. The number of piperazine rings is 1. The Morgan fingerprint density at radius 2 is 1.83 bits per heavy atom. The third-order valence-corrected chi connectivity index (χ3v) is 15.2. The number of para-hydroxylation sites is 1. The van der Waals surface area contributed by atoms with E-state index in [1.54, 1.807) is 30.5 Å². The van der Waals surface area contributed by atoms with Gasteiger partial charge in [-0.1, -0.05) is 51.1 Å². The molecular formula is C43H55N7O7S. The minimum atomic E-state index is -0.731. The lowest BCUT2D eigenvalue weighted by atomic mass is 9.44. The molecule has 2 heterocycles. The third kappa shape index (κ3) is 7.92. The van der Waals surface area contributed by atoms with Gasteiger partial charge in [-0.15, -0.1) is 23.4 Å². The number of hydrogen-bond donors (Lipinski definition) is 2. The number of ether oxygens (including phenoxy) is 1. The van der Waals surface area contributed by atoms with Gasteiger partial charge in [0, 0.05) is 78.6 Å². The lowest BCUT2D eigenvalue weighted by Crippen LogP contribution is -2.63. The standard InChI is InChI=1S/C43H55N7O7S/c1-6-41(4)23-36(42(5)28(2)15-17-43(29(3)40(41)54)18-16-34(51)39(42)43)57-38(53)27-58-35-10-8-7-9-33(35)44-37(52)26-49-25-30(45-46-49)24-47-19-21-48(22-20-47)31-11-13-32(14-12-31)50(55)56/h6-14,25,28-29,36,39-40,54H,1,15-24,26-27H2,2-5H3,(H,44,52)/t28-,29+,36-,39+,40+,41-,42+,43+/m1/s1. The lowest BCUT2D eigenvalue weighted by molar-refractivity contribution is -0.384. The highest BCUT2D eigenvalue weighted by molar-refractivity contribution is 8.00. The molecule has 0 unspecified atom stereocenters. The molecular weight excluding hydrogens is 759 g/mol. The molecule has 1 aliphatic heterocycles. The smallest absolute Gasteiger partial charge is 0.316 e. The average Bonchev–Trinajstić information content (AvgIpc) is 3.81. The van der Waals surface area contributed by atoms with Crippen molar-refractivity contribution in [2.75, 3.05) is 42.1 Å². The van der Waals surface area contributed by atoms with Crippen LogP contribution in [0.15, 0.2) is 72.3 Å². The Bertz CT molecular complexity index is 2040. The van der Waals surface area contributed by atoms with Crippen LogP contribution in [0, 0.1) is 44.1 Å². The zero-order valence-electron chi connectivity index (χ0n) is 33.8. The summed E-state index contributed by atoms with van der Waals surface area (Å²) in [6.45, 7) is 16.1. The number of aromatic nitrogens is 3. The van der Waals surface area contributed by atoms with E-state index in [2.05, 4.69) is 52.8 Å². The fraction of sp³-hybridized carbons (Fsp3) is 0.558. The summed E-state index contributed by atoms with van der Waals surface area (Å²) in [5.74, 6) is -0.752. The van der Waals surface area contributed by atoms with E-state index >= 15 is 0 Å². The second-order valence-corrected chi connectivity index (χ2v) is 18.4. The molecule has 0 spiro atoms. The number of benzene rings is 2. The monoisotopic (exact) mass is 813 g/mol. The molecule has 7 rings (SSSR count). The number of ketones is 1. The first-order chi connectivity index (χ1) is 27.7. The fourth-order valence-electron chi connectivity index (χ4n) is 10.5. The number of nitro benzene ring substituents is 1. The molecule has 310 valence electrons. The van der Waals surface area contributed by atoms with Crippen LogP contribution in [0.3, 0.4) is 0 Å². The normalized spacial score (nSPS) is 31.2. The van der Waals surface area contributed by atoms with Gasteiger partial charge in [-0.05, 0) is 67.2 Å². The topological polar surface area (TPSA) is 173 Å². The van der Waals surface area contributed by atoms with E-state index in [0.717, 1.165) is 56.8 Å². The molecule has 1 amide bonds. The Labute approximate surface area is 343 Å². The largest absolute Gasteiger partial charge is 0.461 e. The van der Waals surface area contributed by atoms with Crippen LogP contribution >= 0.6 is 11.8 Å². The number of thioether (sulfide) groups is 1. The van der Waals surface area contributed by atoms with Crippen LogP contribution in [-0.4, -0.2) is 91.7 Å². The molecule has 15 heteroatoms. The number of Topliss-reactive ketones (excluding diaryl/α,β-unsaturated/α-hetero) is 1. The van der Waals surface area contributed by atoms with E-state index in [-0.39, 0.29) is 52.8 Å². The van der Waals surface area contributed by atoms with Gasteiger partial charge in [0.15, 0.2) is 0 Å². The van der Waals surface area contributed by atoms with Crippen molar-refractivity contribution < 1.29 is 29.2 Å². The number of amides is 1. The summed E-state index contributed by atoms with van der Waals surface area (Å²) in [6.07, 6.45) is 5.61. The van der Waals surface area contributed by atoms with Crippen LogP contribution in [0.4, 0.5) is 17.1 Å². The van der Waals surface area contributed by atoms with Gasteiger partial charge in [-0.2, -0.15) is 0 Å². The highest BCUT2D eigenvalue weighted by Crippen LogP contribution is 2.68. The molecule has 3 aliphatic carbocycles. The Balaban J connectivity index is 0.945. The molecule has 2 bridgehead atoms. The molecule has 1 saturated heterocycles. The van der Waals surface area contributed by atoms with E-state index in [4.69, 9.17) is 4.74 Å². The number of aliphatic hydroxyl groups excluding tert-OH is 1. The number of nitro groups is 1. The third-order valence-electron chi connectivity index (χ3n) is 14.2. The predicted molar refractivity (Wildman–Crippen MR) is 221 cm³/mol. The maximum absolute atomic E-state index is 13.8. The number of non-ortho nitro benzene ring substituents is 1. The van der Waals surface area contributed by atoms with Crippen LogP contribution in [0.2, 0.25) is 0 Å². The van der Waals surface area contributed by atoms with Gasteiger partial charge in [0.25, 0.3) is 5.69 Å². The van der Waals surface area contributed by atoms with Crippen LogP contribution in [0.25, 0.3) is 0 Å². The fourth-order valence-corrected chi connectivity index (χ4v) is 11.3. The van der Waals surface area contributed by atoms with Crippen molar-refractivity contribution in [2.24, 2.45) is 34.0 Å². The zero-order chi connectivity index (χ0) is 41.4. The van der Waals surface area contributed by atoms with Crippen molar-refractivity contribution in [1.29, 1.82) is 0 Å². The van der Waals surface area contributed by atoms with Gasteiger partial charge in [0.2, 0.25) is 5.91 Å². The average molecular weight is 814 g/mol. The molecule has 0 radical (unpaired) electrons. The van der Waals surface area contributed by atoms with E-state index < -0.39 is 33.9 Å². The summed E-state index contributed by atoms with van der Waals surface area (Å²) in [6, 6.07) is 13.9. The minimum Gasteiger partial charge on any atom is -0.461 e. The molecule has 1 aromatic heterocycles. The van der Waals surface area contributed by atoms with E-state index in [1.165, 1.54) is 28.6 Å². The maximum Gasteiger partial charge on any atom is 0.316 e. The van der Waals surface area contributed by atoms with E-state index in [1.807, 2.05) is 25.1 Å². The van der Waals surface area contributed by atoms with Gasteiger partial charge < -0.3 is 20.1 Å². The van der Waals surface area contributed by atoms with E-state index in [0.29, 0.717) is 30.0 Å². The number of aliphatic hydroxyl groups is 1. The number of nitrogens with one attached hydrogen (secondary N) is 1. The number of hydrogen-bond acceptors (Lipinski definition) is 12. The summed E-state index contributed by atoms with van der Waals surface area (Å²) < 4.78 is 7.94. The number of anilines is 2. The summed E-state index contributed by atoms with van der Waals surface area (Å²) in [5.41, 5.74) is 0.678. The van der Waals surface area contributed by atoms with Crippen molar-refractivity contribution >= 4 is 46.5 Å². The van der Waals surface area contributed by atoms with Crippen LogP contribution in [0.5, 0.6) is 0 Å². The Hall–Kier alpha value is -4.60. The van der Waals surface area contributed by atoms with Gasteiger partial charge in [-0.25, -0.2) is 4.68 Å². The lowest BCUT2D eigenvalue weighted by Gasteiger charge is -2.61. The SMILES string of the molecule is C=C[C@]1(C)C[C@@H](OC(=O)CSc2ccccc2NC(=O)Cn2cc(CN3CCN(c4ccc([N+](=O)[O-])cc4)CC3)nn2)[C@]2(C)[C@H](C)CC[C@]3(CCC(=O)[C@H]32)[C@@H](C)[C@@H]1O. The highest BCUT2D eigenvalue weighted by atomic mass is 32.2. The van der Waals surface area contributed by atoms with Crippen molar-refractivity contribution in [3.63, 3.8) is 0 Å². The predicted octanol–water partition coefficient (Wildman–Crippen LogP) is 6.15. The van der Waals surface area contributed by atoms with Gasteiger partial charge in [0.05, 0.1) is 34.4 Å². The molecule has 58 heavy (non-hydrogen) atoms. The minimum absolute atomic E-state index is 0.00403. The summed E-state index contributed by atoms with van der Waals surface area (Å²) in [4.78, 5) is 56.5. The molecule has 8 atom stereocenters.